The number of nitrogens with two attached hydrogens (primary N) is 1. The first-order valence-electron chi connectivity index (χ1n) is 9.07. The molecular formula is C20H20ClF3N2O4S. The monoisotopic (exact) mass is 476 g/mol. The van der Waals surface area contributed by atoms with Crippen LogP contribution in [0.4, 0.5) is 13.2 Å². The number of carboxylic acids is 1. The van der Waals surface area contributed by atoms with E-state index in [0.29, 0.717) is 16.1 Å². The normalized spacial score (nSPS) is 14.5. The van der Waals surface area contributed by atoms with Gasteiger partial charge in [0.25, 0.3) is 10.0 Å². The molecule has 0 amide bonds. The zero-order valence-corrected chi connectivity index (χ0v) is 17.7. The number of benzene rings is 2. The second-order valence-corrected chi connectivity index (χ2v) is 8.93. The maximum absolute atomic E-state index is 13.6. The molecule has 0 radical (unpaired) electrons. The molecule has 2 atom stereocenters. The summed E-state index contributed by atoms with van der Waals surface area (Å²) >= 11 is 6.11. The first-order valence-corrected chi connectivity index (χ1v) is 11.1. The highest BCUT2D eigenvalue weighted by molar-refractivity contribution is 7.90. The van der Waals surface area contributed by atoms with Crippen LogP contribution < -0.4 is 5.73 Å². The van der Waals surface area contributed by atoms with Crippen LogP contribution >= 0.6 is 11.6 Å². The number of aliphatic carboxylic acids is 1. The Bertz CT molecular complexity index is 1040. The van der Waals surface area contributed by atoms with Crippen LogP contribution in [-0.4, -0.2) is 43.7 Å². The van der Waals surface area contributed by atoms with Crippen LogP contribution in [0.3, 0.4) is 0 Å². The van der Waals surface area contributed by atoms with E-state index in [0.717, 1.165) is 6.21 Å². The predicted molar refractivity (Wildman–Crippen MR) is 113 cm³/mol. The van der Waals surface area contributed by atoms with Crippen LogP contribution in [0.15, 0.2) is 52.9 Å². The number of carboxylic acid groups (broad SMARTS) is 1. The molecule has 0 aliphatic carbocycles. The van der Waals surface area contributed by atoms with E-state index in [1.54, 1.807) is 24.3 Å². The summed E-state index contributed by atoms with van der Waals surface area (Å²) in [5, 5.41) is 9.10. The van der Waals surface area contributed by atoms with Gasteiger partial charge in [0.1, 0.15) is 6.04 Å². The number of hydrogen-bond donors (Lipinski definition) is 2. The fraction of sp³-hybridized carbons (Fsp3) is 0.300. The summed E-state index contributed by atoms with van der Waals surface area (Å²) in [4.78, 5) is 10.6. The molecule has 0 heterocycles. The van der Waals surface area contributed by atoms with E-state index < -0.39 is 46.3 Å². The fourth-order valence-corrected chi connectivity index (χ4v) is 4.00. The lowest BCUT2D eigenvalue weighted by Gasteiger charge is -2.20. The van der Waals surface area contributed by atoms with Crippen molar-refractivity contribution in [2.75, 3.05) is 5.75 Å². The molecule has 0 aliphatic rings. The Morgan fingerprint density at radius 3 is 2.32 bits per heavy atom. The van der Waals surface area contributed by atoms with Gasteiger partial charge in [-0.3, -0.25) is 4.79 Å². The molecule has 0 bridgehead atoms. The summed E-state index contributed by atoms with van der Waals surface area (Å²) in [6.07, 6.45) is -4.98. The van der Waals surface area contributed by atoms with Crippen molar-refractivity contribution in [3.05, 3.63) is 59.1 Å². The molecule has 1 unspecified atom stereocenters. The van der Waals surface area contributed by atoms with Crippen LogP contribution in [0.5, 0.6) is 0 Å². The fourth-order valence-electron chi connectivity index (χ4n) is 2.80. The standard InChI is InChI=1S/C20H20ClF3N2O4S/c21-17-4-2-1-3-15(17)13-5-7-14(8-6-13)16(20(22,23)24)10-12-31(29,30)26-11-9-18(25)19(27)28/h1-8,11,16,18H,9-10,12,25H2,(H,27,28)/t16?,18-/m0/s1. The van der Waals surface area contributed by atoms with Crippen LogP contribution in [0.1, 0.15) is 24.3 Å². The van der Waals surface area contributed by atoms with E-state index in [2.05, 4.69) is 4.40 Å². The molecule has 2 aromatic rings. The molecule has 6 nitrogen and oxygen atoms in total. The molecule has 0 spiro atoms. The van der Waals surface area contributed by atoms with Gasteiger partial charge < -0.3 is 10.8 Å². The zero-order chi connectivity index (χ0) is 23.2. The van der Waals surface area contributed by atoms with Gasteiger partial charge in [-0.2, -0.15) is 17.6 Å². The molecule has 0 fully saturated rings. The van der Waals surface area contributed by atoms with Crippen molar-refractivity contribution in [2.24, 2.45) is 10.1 Å². The van der Waals surface area contributed by atoms with Crippen molar-refractivity contribution < 1.29 is 31.5 Å². The third-order valence-electron chi connectivity index (χ3n) is 4.47. The minimum atomic E-state index is -4.67. The lowest BCUT2D eigenvalue weighted by Crippen LogP contribution is -2.30. The number of carbonyl (C=O) groups is 1. The summed E-state index contributed by atoms with van der Waals surface area (Å²) in [6, 6.07) is 11.1. The largest absolute Gasteiger partial charge is 0.480 e. The number of sulfonamides is 1. The number of hydrogen-bond acceptors (Lipinski definition) is 4. The van der Waals surface area contributed by atoms with E-state index in [4.69, 9.17) is 22.4 Å². The average Bonchev–Trinajstić information content (AvgIpc) is 2.67. The SMILES string of the molecule is N[C@@H](CC=NS(=O)(=O)CCC(c1ccc(-c2ccccc2Cl)cc1)C(F)(F)F)C(=O)O. The van der Waals surface area contributed by atoms with E-state index in [9.17, 15) is 26.4 Å². The second kappa shape index (κ2) is 10.3. The maximum Gasteiger partial charge on any atom is 0.395 e. The molecule has 0 aliphatic heterocycles. The quantitative estimate of drug-likeness (QED) is 0.526. The van der Waals surface area contributed by atoms with Gasteiger partial charge in [-0.25, -0.2) is 8.42 Å². The topological polar surface area (TPSA) is 110 Å². The molecule has 0 saturated carbocycles. The summed E-state index contributed by atoms with van der Waals surface area (Å²) < 4.78 is 67.9. The van der Waals surface area contributed by atoms with Crippen molar-refractivity contribution >= 4 is 33.8 Å². The second-order valence-electron chi connectivity index (χ2n) is 6.74. The molecule has 168 valence electrons. The van der Waals surface area contributed by atoms with E-state index in [1.165, 1.54) is 24.3 Å². The highest BCUT2D eigenvalue weighted by atomic mass is 35.5. The third kappa shape index (κ3) is 7.34. The van der Waals surface area contributed by atoms with Crippen LogP contribution in [0.2, 0.25) is 5.02 Å². The van der Waals surface area contributed by atoms with Crippen molar-refractivity contribution in [2.45, 2.75) is 31.0 Å². The van der Waals surface area contributed by atoms with Gasteiger partial charge in [-0.15, -0.1) is 0 Å². The maximum atomic E-state index is 13.6. The minimum Gasteiger partial charge on any atom is -0.480 e. The highest BCUT2D eigenvalue weighted by Gasteiger charge is 2.41. The van der Waals surface area contributed by atoms with Gasteiger partial charge in [0.05, 0.1) is 11.7 Å². The Labute approximate surface area is 182 Å². The van der Waals surface area contributed by atoms with Gasteiger partial charge in [-0.1, -0.05) is 54.1 Å². The number of nitrogens with zero attached hydrogens (tertiary/aromatic N) is 1. The Hall–Kier alpha value is -2.43. The molecule has 0 saturated heterocycles. The molecule has 2 aromatic carbocycles. The van der Waals surface area contributed by atoms with Crippen molar-refractivity contribution in [1.82, 2.24) is 0 Å². The first-order chi connectivity index (χ1) is 14.4. The Morgan fingerprint density at radius 2 is 1.77 bits per heavy atom. The van der Waals surface area contributed by atoms with Gasteiger partial charge in [0.2, 0.25) is 0 Å². The summed E-state index contributed by atoms with van der Waals surface area (Å²) in [6.45, 7) is 0. The van der Waals surface area contributed by atoms with Crippen LogP contribution in [-0.2, 0) is 14.8 Å². The Balaban J connectivity index is 2.15. The highest BCUT2D eigenvalue weighted by Crippen LogP contribution is 2.39. The van der Waals surface area contributed by atoms with Crippen LogP contribution in [0, 0.1) is 0 Å². The number of halogens is 4. The molecule has 11 heteroatoms. The van der Waals surface area contributed by atoms with Crippen molar-refractivity contribution in [1.29, 1.82) is 0 Å². The Kier molecular flexibility index (Phi) is 8.21. The zero-order valence-electron chi connectivity index (χ0n) is 16.1. The van der Waals surface area contributed by atoms with Gasteiger partial charge in [0, 0.05) is 23.2 Å². The molecule has 0 aromatic heterocycles. The number of alkyl halides is 3. The van der Waals surface area contributed by atoms with Gasteiger partial charge in [0.15, 0.2) is 0 Å². The third-order valence-corrected chi connectivity index (χ3v) is 6.02. The van der Waals surface area contributed by atoms with E-state index >= 15 is 0 Å². The van der Waals surface area contributed by atoms with E-state index in [1.807, 2.05) is 0 Å². The summed E-state index contributed by atoms with van der Waals surface area (Å²) in [7, 11) is -4.22. The lowest BCUT2D eigenvalue weighted by atomic mass is 9.93. The first kappa shape index (κ1) is 24.8. The van der Waals surface area contributed by atoms with Gasteiger partial charge in [-0.05, 0) is 23.6 Å². The molecule has 2 rings (SSSR count). The van der Waals surface area contributed by atoms with Crippen molar-refractivity contribution in [3.63, 3.8) is 0 Å². The molecule has 3 N–H and O–H groups in total. The lowest BCUT2D eigenvalue weighted by molar-refractivity contribution is -0.150. The molecule has 31 heavy (non-hydrogen) atoms. The molecular weight excluding hydrogens is 457 g/mol. The Morgan fingerprint density at radius 1 is 1.16 bits per heavy atom. The van der Waals surface area contributed by atoms with Crippen molar-refractivity contribution in [3.8, 4) is 11.1 Å². The average molecular weight is 477 g/mol. The van der Waals surface area contributed by atoms with Gasteiger partial charge >= 0.3 is 12.1 Å². The van der Waals surface area contributed by atoms with Crippen LogP contribution in [0.25, 0.3) is 11.1 Å². The smallest absolute Gasteiger partial charge is 0.395 e. The predicted octanol–water partition coefficient (Wildman–Crippen LogP) is 4.25. The minimum absolute atomic E-state index is 0.0876. The summed E-state index contributed by atoms with van der Waals surface area (Å²) in [5.74, 6) is -4.22. The number of rotatable bonds is 9. The van der Waals surface area contributed by atoms with E-state index in [-0.39, 0.29) is 12.0 Å². The summed E-state index contributed by atoms with van der Waals surface area (Å²) in [5.41, 5.74) is 6.42.